The van der Waals surface area contributed by atoms with Crippen molar-refractivity contribution in [3.63, 3.8) is 0 Å². The number of carbonyl (C=O) groups excluding carboxylic acids is 1. The predicted octanol–water partition coefficient (Wildman–Crippen LogP) is 5.26. The molecule has 1 saturated heterocycles. The summed E-state index contributed by atoms with van der Waals surface area (Å²) in [5, 5.41) is 10.7. The molecule has 0 aliphatic carbocycles. The van der Waals surface area contributed by atoms with E-state index in [-0.39, 0.29) is 29.3 Å². The zero-order valence-electron chi connectivity index (χ0n) is 21.6. The molecule has 1 amide bonds. The van der Waals surface area contributed by atoms with E-state index in [0.717, 1.165) is 24.7 Å². The van der Waals surface area contributed by atoms with Gasteiger partial charge in [0, 0.05) is 55.7 Å². The van der Waals surface area contributed by atoms with Gasteiger partial charge in [0.1, 0.15) is 5.70 Å². The number of likely N-dealkylation sites (N-methyl/N-ethyl adjacent to an activating group) is 1. The third kappa shape index (κ3) is 6.33. The number of nitrogens with one attached hydrogen (secondary N) is 1. The molecule has 0 spiro atoms. The monoisotopic (exact) mass is 532 g/mol. The van der Waals surface area contributed by atoms with E-state index in [1.165, 1.54) is 12.1 Å². The molecular formula is C29H27F3N6O. The molecule has 200 valence electrons. The number of halogens is 3. The van der Waals surface area contributed by atoms with Gasteiger partial charge in [-0.05, 0) is 61.4 Å². The minimum Gasteiger partial charge on any atom is -0.322 e. The molecule has 5 rings (SSSR count). The Hall–Kier alpha value is -4.07. The third-order valence-corrected chi connectivity index (χ3v) is 6.88. The summed E-state index contributed by atoms with van der Waals surface area (Å²) in [6.07, 6.45) is 0.895. The van der Waals surface area contributed by atoms with Crippen LogP contribution >= 0.6 is 0 Å². The maximum Gasteiger partial charge on any atom is 0.416 e. The molecule has 0 radical (unpaired) electrons. The Kier molecular flexibility index (Phi) is 7.46. The number of benzene rings is 2. The van der Waals surface area contributed by atoms with Crippen LogP contribution < -0.4 is 5.32 Å². The van der Waals surface area contributed by atoms with Gasteiger partial charge in [0.2, 0.25) is 0 Å². The number of amidine groups is 1. The summed E-state index contributed by atoms with van der Waals surface area (Å²) in [4.78, 5) is 21.3. The van der Waals surface area contributed by atoms with Crippen LogP contribution in [-0.2, 0) is 12.7 Å². The van der Waals surface area contributed by atoms with Crippen LogP contribution in [0.15, 0.2) is 75.7 Å². The molecule has 1 unspecified atom stereocenters. The van der Waals surface area contributed by atoms with Crippen molar-refractivity contribution in [2.75, 3.05) is 38.5 Å². The number of alkyl halides is 3. The van der Waals surface area contributed by atoms with E-state index in [1.54, 1.807) is 24.4 Å². The van der Waals surface area contributed by atoms with Gasteiger partial charge < -0.3 is 10.2 Å². The van der Waals surface area contributed by atoms with E-state index in [0.29, 0.717) is 30.2 Å². The van der Waals surface area contributed by atoms with Gasteiger partial charge >= 0.3 is 6.18 Å². The quantitative estimate of drug-likeness (QED) is 0.547. The zero-order chi connectivity index (χ0) is 27.6. The summed E-state index contributed by atoms with van der Waals surface area (Å²) >= 11 is 0. The highest BCUT2D eigenvalue weighted by atomic mass is 19.4. The van der Waals surface area contributed by atoms with Crippen molar-refractivity contribution in [2.24, 2.45) is 21.1 Å². The van der Waals surface area contributed by atoms with Gasteiger partial charge in [-0.3, -0.25) is 9.69 Å². The van der Waals surface area contributed by atoms with Crippen LogP contribution in [0.5, 0.6) is 0 Å². The van der Waals surface area contributed by atoms with Crippen LogP contribution in [0.3, 0.4) is 0 Å². The molecule has 3 heterocycles. The molecular weight excluding hydrogens is 505 g/mol. The topological polar surface area (TPSA) is 72.7 Å². The van der Waals surface area contributed by atoms with Crippen LogP contribution in [0.25, 0.3) is 0 Å². The predicted molar refractivity (Wildman–Crippen MR) is 143 cm³/mol. The van der Waals surface area contributed by atoms with Crippen molar-refractivity contribution < 1.29 is 18.0 Å². The highest BCUT2D eigenvalue weighted by Gasteiger charge is 2.34. The number of hydrogen-bond acceptors (Lipinski definition) is 6. The van der Waals surface area contributed by atoms with Crippen molar-refractivity contribution >= 4 is 17.4 Å². The number of azo groups is 1. The molecule has 3 aliphatic heterocycles. The van der Waals surface area contributed by atoms with Crippen LogP contribution in [0.2, 0.25) is 0 Å². The number of fused-ring (bicyclic) bond motifs is 1. The lowest BCUT2D eigenvalue weighted by Gasteiger charge is -2.33. The first-order chi connectivity index (χ1) is 18.7. The number of nitrogens with zero attached hydrogens (tertiary/aromatic N) is 5. The molecule has 7 nitrogen and oxygen atoms in total. The van der Waals surface area contributed by atoms with E-state index in [1.807, 2.05) is 31.0 Å². The van der Waals surface area contributed by atoms with Gasteiger partial charge in [-0.25, -0.2) is 4.99 Å². The minimum atomic E-state index is -4.54. The van der Waals surface area contributed by atoms with Gasteiger partial charge in [-0.2, -0.15) is 13.2 Å². The fraction of sp³-hybridized carbons (Fsp3) is 0.310. The lowest BCUT2D eigenvalue weighted by atomic mass is 10.0. The number of allylic oxidation sites excluding steroid dienone is 1. The zero-order valence-corrected chi connectivity index (χ0v) is 21.6. The van der Waals surface area contributed by atoms with Crippen molar-refractivity contribution in [2.45, 2.75) is 19.6 Å². The summed E-state index contributed by atoms with van der Waals surface area (Å²) in [5.74, 6) is 6.06. The van der Waals surface area contributed by atoms with Crippen LogP contribution in [-0.4, -0.2) is 54.8 Å². The van der Waals surface area contributed by atoms with Gasteiger partial charge in [-0.1, -0.05) is 24.1 Å². The largest absolute Gasteiger partial charge is 0.416 e. The Morgan fingerprint density at radius 2 is 1.87 bits per heavy atom. The molecule has 3 aliphatic rings. The molecule has 1 N–H and O–H groups in total. The van der Waals surface area contributed by atoms with Gasteiger partial charge in [0.05, 0.1) is 11.5 Å². The van der Waals surface area contributed by atoms with Crippen molar-refractivity contribution in [1.29, 1.82) is 0 Å². The summed E-state index contributed by atoms with van der Waals surface area (Å²) in [7, 11) is 2.00. The van der Waals surface area contributed by atoms with E-state index >= 15 is 0 Å². The molecule has 0 bridgehead atoms. The molecule has 1 fully saturated rings. The second-order valence-corrected chi connectivity index (χ2v) is 9.79. The second kappa shape index (κ2) is 11.0. The Morgan fingerprint density at radius 3 is 2.64 bits per heavy atom. The number of aryl methyl sites for hydroxylation is 1. The Labute approximate surface area is 224 Å². The van der Waals surface area contributed by atoms with Crippen molar-refractivity contribution in [3.05, 3.63) is 88.3 Å². The van der Waals surface area contributed by atoms with E-state index in [2.05, 4.69) is 37.3 Å². The molecule has 0 saturated carbocycles. The van der Waals surface area contributed by atoms with Gasteiger partial charge in [0.15, 0.2) is 5.84 Å². The number of piperazine rings is 1. The van der Waals surface area contributed by atoms with Crippen LogP contribution in [0, 0.1) is 24.7 Å². The fourth-order valence-electron chi connectivity index (χ4n) is 4.52. The molecule has 10 heteroatoms. The molecule has 2 aromatic rings. The summed E-state index contributed by atoms with van der Waals surface area (Å²) in [6, 6.07) is 8.96. The lowest BCUT2D eigenvalue weighted by molar-refractivity contribution is -0.138. The molecule has 1 atom stereocenters. The van der Waals surface area contributed by atoms with E-state index < -0.39 is 17.6 Å². The van der Waals surface area contributed by atoms with Gasteiger partial charge in [-0.15, -0.1) is 10.2 Å². The maximum absolute atomic E-state index is 13.9. The number of amides is 1. The van der Waals surface area contributed by atoms with E-state index in [9.17, 15) is 18.0 Å². The number of rotatable bonds is 4. The summed E-state index contributed by atoms with van der Waals surface area (Å²) < 4.78 is 41.8. The average Bonchev–Trinajstić information content (AvgIpc) is 3.38. The highest BCUT2D eigenvalue weighted by molar-refractivity contribution is 6.04. The third-order valence-electron chi connectivity index (χ3n) is 6.88. The van der Waals surface area contributed by atoms with Crippen LogP contribution in [0.4, 0.5) is 18.9 Å². The Bertz CT molecular complexity index is 1470. The van der Waals surface area contributed by atoms with Crippen molar-refractivity contribution in [1.82, 2.24) is 9.80 Å². The van der Waals surface area contributed by atoms with Crippen LogP contribution in [0.1, 0.15) is 32.6 Å². The summed E-state index contributed by atoms with van der Waals surface area (Å²) in [6.45, 7) is 5.11. The normalized spacial score (nSPS) is 19.2. The number of anilines is 1. The first-order valence-corrected chi connectivity index (χ1v) is 12.6. The molecule has 2 aromatic carbocycles. The number of hydrogen-bond donors (Lipinski definition) is 1. The average molecular weight is 533 g/mol. The lowest BCUT2D eigenvalue weighted by Crippen LogP contribution is -2.44. The first-order valence-electron chi connectivity index (χ1n) is 12.6. The standard InChI is InChI=1S/C29H27F3N6O/c1-19-3-4-22(15-20(19)5-8-25-16-21-9-10-33-27(21)36-35-25)28(39)34-24-7-6-23(26(17-24)29(30,31)32)18-38-13-11-37(2)12-14-38/h3-4,6-7,9-10,15-17,21H,11-14,18H2,1-2H3,(H,34,39). The highest BCUT2D eigenvalue weighted by Crippen LogP contribution is 2.35. The number of carbonyl (C=O) groups is 1. The fourth-order valence-corrected chi connectivity index (χ4v) is 4.52. The molecule has 39 heavy (non-hydrogen) atoms. The van der Waals surface area contributed by atoms with E-state index in [4.69, 9.17) is 0 Å². The van der Waals surface area contributed by atoms with Gasteiger partial charge in [0.25, 0.3) is 5.91 Å². The SMILES string of the molecule is Cc1ccc(C(=O)Nc2ccc(CN3CCN(C)CC3)c(C(F)(F)F)c2)cc1C#CC1=CC2C=CN=C2N=N1. The first kappa shape index (κ1) is 26.5. The summed E-state index contributed by atoms with van der Waals surface area (Å²) in [5.41, 5.74) is 1.77. The number of aliphatic imine (C=N–C) groups is 1. The maximum atomic E-state index is 13.9. The smallest absolute Gasteiger partial charge is 0.322 e. The Morgan fingerprint density at radius 1 is 1.08 bits per heavy atom. The Balaban J connectivity index is 1.32. The molecule has 0 aromatic heterocycles. The van der Waals surface area contributed by atoms with Crippen molar-refractivity contribution in [3.8, 4) is 11.8 Å². The minimum absolute atomic E-state index is 0.0421. The second-order valence-electron chi connectivity index (χ2n) is 9.79.